The Morgan fingerprint density at radius 2 is 2.05 bits per heavy atom. The maximum atomic E-state index is 12.6. The van der Waals surface area contributed by atoms with E-state index in [1.807, 2.05) is 13.1 Å². The average molecular weight is 357 g/mol. The summed E-state index contributed by atoms with van der Waals surface area (Å²) >= 11 is 7.28. The van der Waals surface area contributed by atoms with Crippen molar-refractivity contribution in [3.8, 4) is 0 Å². The van der Waals surface area contributed by atoms with E-state index in [9.17, 15) is 4.39 Å². The van der Waals surface area contributed by atoms with Crippen molar-refractivity contribution in [3.05, 3.63) is 45.9 Å². The van der Waals surface area contributed by atoms with Crippen molar-refractivity contribution in [3.63, 3.8) is 0 Å². The molecular formula is C15H18BrFN2S. The van der Waals surface area contributed by atoms with E-state index in [1.165, 1.54) is 31.0 Å². The Morgan fingerprint density at radius 3 is 2.50 bits per heavy atom. The number of benzene rings is 1. The number of halogens is 2. The largest absolute Gasteiger partial charge is 0.398 e. The highest BCUT2D eigenvalue weighted by atomic mass is 79.9. The molecule has 0 amide bonds. The number of hydrogen-bond acceptors (Lipinski definition) is 2. The number of aromatic nitrogens is 1. The molecule has 0 saturated heterocycles. The van der Waals surface area contributed by atoms with Crippen molar-refractivity contribution in [1.29, 1.82) is 0 Å². The summed E-state index contributed by atoms with van der Waals surface area (Å²) in [6, 6.07) is 5.09. The second-order valence-electron chi connectivity index (χ2n) is 5.06. The third-order valence-electron chi connectivity index (χ3n) is 3.54. The number of nitrogen functional groups attached to an aromatic ring is 1. The molecule has 3 rings (SSSR count). The van der Waals surface area contributed by atoms with Crippen molar-refractivity contribution in [2.45, 2.75) is 37.0 Å². The summed E-state index contributed by atoms with van der Waals surface area (Å²) in [7, 11) is 0. The lowest BCUT2D eigenvalue weighted by Crippen LogP contribution is -2.08. The van der Waals surface area contributed by atoms with Gasteiger partial charge in [-0.15, -0.1) is 12.6 Å². The molecule has 2 nitrogen and oxygen atoms in total. The molecule has 20 heavy (non-hydrogen) atoms. The molecule has 1 heterocycles. The first kappa shape index (κ1) is 15.4. The molecule has 0 atom stereocenters. The number of rotatable bonds is 1. The van der Waals surface area contributed by atoms with Gasteiger partial charge >= 0.3 is 0 Å². The van der Waals surface area contributed by atoms with Gasteiger partial charge in [0.15, 0.2) is 0 Å². The molecule has 5 heteroatoms. The monoisotopic (exact) mass is 356 g/mol. The van der Waals surface area contributed by atoms with Crippen molar-refractivity contribution < 1.29 is 4.39 Å². The van der Waals surface area contributed by atoms with Crippen molar-refractivity contribution in [2.75, 3.05) is 5.73 Å². The minimum absolute atomic E-state index is 0.317. The van der Waals surface area contributed by atoms with Gasteiger partial charge in [0.25, 0.3) is 0 Å². The van der Waals surface area contributed by atoms with Crippen LogP contribution in [0.5, 0.6) is 0 Å². The molecule has 0 spiro atoms. The second kappa shape index (κ2) is 6.68. The number of thiol groups is 1. The Balaban J connectivity index is 0.000000147. The molecule has 0 unspecified atom stereocenters. The van der Waals surface area contributed by atoms with Crippen LogP contribution in [0.3, 0.4) is 0 Å². The van der Waals surface area contributed by atoms with E-state index in [0.717, 1.165) is 16.4 Å². The highest BCUT2D eigenvalue weighted by Crippen LogP contribution is 2.35. The first-order chi connectivity index (χ1) is 9.47. The molecule has 1 saturated carbocycles. The van der Waals surface area contributed by atoms with Gasteiger partial charge in [-0.1, -0.05) is 6.42 Å². The van der Waals surface area contributed by atoms with Crippen LogP contribution in [0.4, 0.5) is 10.1 Å². The molecule has 108 valence electrons. The van der Waals surface area contributed by atoms with Crippen LogP contribution in [0.25, 0.3) is 0 Å². The Morgan fingerprint density at radius 1 is 1.35 bits per heavy atom. The number of anilines is 1. The second-order valence-corrected chi connectivity index (χ2v) is 6.43. The summed E-state index contributed by atoms with van der Waals surface area (Å²) in [4.78, 5) is 4.29. The number of aryl methyl sites for hydroxylation is 1. The van der Waals surface area contributed by atoms with E-state index in [-0.39, 0.29) is 5.82 Å². The van der Waals surface area contributed by atoms with Crippen LogP contribution < -0.4 is 5.73 Å². The normalized spacial score (nSPS) is 14.4. The third-order valence-corrected chi connectivity index (χ3v) is 4.41. The van der Waals surface area contributed by atoms with Crippen molar-refractivity contribution >= 4 is 34.2 Å². The summed E-state index contributed by atoms with van der Waals surface area (Å²) < 4.78 is 13.1. The number of H-pyrrole nitrogens is 1. The van der Waals surface area contributed by atoms with Gasteiger partial charge in [0.05, 0.1) is 4.47 Å². The molecule has 1 aromatic heterocycles. The van der Waals surface area contributed by atoms with Crippen LogP contribution in [0, 0.1) is 12.7 Å². The molecular weight excluding hydrogens is 339 g/mol. The molecule has 1 fully saturated rings. The van der Waals surface area contributed by atoms with Crippen molar-refractivity contribution in [2.24, 2.45) is 0 Å². The molecule has 3 N–H and O–H groups in total. The number of nitrogens with two attached hydrogens (primary N) is 1. The molecule has 1 aromatic carbocycles. The van der Waals surface area contributed by atoms with Crippen LogP contribution in [0.15, 0.2) is 33.8 Å². The quantitative estimate of drug-likeness (QED) is 0.485. The SMILES string of the molecule is Cc1cc(Br)c(F)cc1N.Sc1c[nH]c(C2CCC2)c1. The highest BCUT2D eigenvalue weighted by Gasteiger charge is 2.20. The lowest BCUT2D eigenvalue weighted by atomic mass is 9.83. The first-order valence-corrected chi connectivity index (χ1v) is 7.80. The van der Waals surface area contributed by atoms with E-state index in [0.29, 0.717) is 10.2 Å². The Labute approximate surface area is 132 Å². The highest BCUT2D eigenvalue weighted by molar-refractivity contribution is 9.10. The van der Waals surface area contributed by atoms with E-state index in [2.05, 4.69) is 39.6 Å². The van der Waals surface area contributed by atoms with Crippen LogP contribution >= 0.6 is 28.6 Å². The number of hydrogen-bond donors (Lipinski definition) is 3. The van der Waals surface area contributed by atoms with E-state index in [4.69, 9.17) is 5.73 Å². The van der Waals surface area contributed by atoms with Gasteiger partial charge in [-0.05, 0) is 65.4 Å². The van der Waals surface area contributed by atoms with Crippen LogP contribution in [-0.2, 0) is 0 Å². The topological polar surface area (TPSA) is 41.8 Å². The van der Waals surface area contributed by atoms with Gasteiger partial charge in [-0.2, -0.15) is 0 Å². The fraction of sp³-hybridized carbons (Fsp3) is 0.333. The van der Waals surface area contributed by atoms with Gasteiger partial charge < -0.3 is 10.7 Å². The number of aromatic amines is 1. The molecule has 0 bridgehead atoms. The first-order valence-electron chi connectivity index (χ1n) is 6.55. The van der Waals surface area contributed by atoms with Crippen molar-refractivity contribution in [1.82, 2.24) is 4.98 Å². The molecule has 1 aliphatic carbocycles. The minimum atomic E-state index is -0.317. The molecule has 0 aliphatic heterocycles. The Hall–Kier alpha value is -0.940. The summed E-state index contributed by atoms with van der Waals surface area (Å²) in [5, 5.41) is 0. The maximum absolute atomic E-state index is 12.6. The van der Waals surface area contributed by atoms with Crippen LogP contribution in [0.1, 0.15) is 36.4 Å². The van der Waals surface area contributed by atoms with Gasteiger partial charge in [0.2, 0.25) is 0 Å². The summed E-state index contributed by atoms with van der Waals surface area (Å²) in [6.45, 7) is 1.83. The van der Waals surface area contributed by atoms with Gasteiger partial charge in [-0.3, -0.25) is 0 Å². The standard InChI is InChI=1S/C8H11NS.C7H7BrFN/c10-7-4-8(9-5-7)6-2-1-3-6;1-4-2-5(8)6(9)3-7(4)10/h4-6,9-10H,1-3H2;2-3H,10H2,1H3. The summed E-state index contributed by atoms with van der Waals surface area (Å²) in [5.74, 6) is 0.490. The number of nitrogens with one attached hydrogen (secondary N) is 1. The maximum Gasteiger partial charge on any atom is 0.139 e. The summed E-state index contributed by atoms with van der Waals surface area (Å²) in [5.41, 5.74) is 8.17. The Bertz CT molecular complexity index is 543. The minimum Gasteiger partial charge on any atom is -0.398 e. The van der Waals surface area contributed by atoms with E-state index >= 15 is 0 Å². The molecule has 2 aromatic rings. The smallest absolute Gasteiger partial charge is 0.139 e. The summed E-state index contributed by atoms with van der Waals surface area (Å²) in [6.07, 6.45) is 6.06. The zero-order chi connectivity index (χ0) is 14.7. The zero-order valence-electron chi connectivity index (χ0n) is 11.3. The van der Waals surface area contributed by atoms with E-state index in [1.54, 1.807) is 6.07 Å². The van der Waals surface area contributed by atoms with Gasteiger partial charge in [0.1, 0.15) is 5.82 Å². The third kappa shape index (κ3) is 3.79. The fourth-order valence-electron chi connectivity index (χ4n) is 2.02. The lowest BCUT2D eigenvalue weighted by Gasteiger charge is -2.23. The fourth-order valence-corrected chi connectivity index (χ4v) is 2.68. The van der Waals surface area contributed by atoms with E-state index < -0.39 is 0 Å². The zero-order valence-corrected chi connectivity index (χ0v) is 13.8. The lowest BCUT2D eigenvalue weighted by molar-refractivity contribution is 0.412. The predicted octanol–water partition coefficient (Wildman–Crippen LogP) is 5.05. The molecule has 0 radical (unpaired) electrons. The predicted molar refractivity (Wildman–Crippen MR) is 87.9 cm³/mol. The Kier molecular flexibility index (Phi) is 5.16. The average Bonchev–Trinajstić information content (AvgIpc) is 2.72. The van der Waals surface area contributed by atoms with Gasteiger partial charge in [0, 0.05) is 22.5 Å². The van der Waals surface area contributed by atoms with Crippen LogP contribution in [-0.4, -0.2) is 4.98 Å². The molecule has 1 aliphatic rings. The van der Waals surface area contributed by atoms with Crippen LogP contribution in [0.2, 0.25) is 0 Å². The van der Waals surface area contributed by atoms with Gasteiger partial charge in [-0.25, -0.2) is 4.39 Å².